The van der Waals surface area contributed by atoms with E-state index in [2.05, 4.69) is 0 Å². The molecule has 0 spiro atoms. The fraction of sp³-hybridized carbons (Fsp3) is 0.294. The van der Waals surface area contributed by atoms with Crippen LogP contribution in [0, 0.1) is 5.82 Å². The molecule has 0 aliphatic carbocycles. The van der Waals surface area contributed by atoms with Gasteiger partial charge in [-0.05, 0) is 48.6 Å². The van der Waals surface area contributed by atoms with Crippen molar-refractivity contribution in [2.45, 2.75) is 26.0 Å². The molecule has 1 amide bonds. The van der Waals surface area contributed by atoms with Crippen LogP contribution >= 0.6 is 22.9 Å². The third kappa shape index (κ3) is 3.44. The molecule has 0 saturated carbocycles. The van der Waals surface area contributed by atoms with Crippen molar-refractivity contribution in [1.29, 1.82) is 0 Å². The lowest BCUT2D eigenvalue weighted by molar-refractivity contribution is -0.140. The van der Waals surface area contributed by atoms with E-state index in [1.54, 1.807) is 16.2 Å². The minimum atomic E-state index is -0.990. The number of amides is 1. The molecule has 1 unspecified atom stereocenters. The molecule has 1 aliphatic rings. The van der Waals surface area contributed by atoms with Crippen LogP contribution in [-0.2, 0) is 22.5 Å². The van der Waals surface area contributed by atoms with Crippen LogP contribution in [0.1, 0.15) is 27.7 Å². The van der Waals surface area contributed by atoms with Gasteiger partial charge in [0, 0.05) is 23.0 Å². The van der Waals surface area contributed by atoms with Gasteiger partial charge in [-0.25, -0.2) is 9.18 Å². The lowest BCUT2D eigenvalue weighted by Gasteiger charge is -2.29. The second-order valence-electron chi connectivity index (χ2n) is 5.55. The molecule has 4 nitrogen and oxygen atoms in total. The maximum atomic E-state index is 13.7. The summed E-state index contributed by atoms with van der Waals surface area (Å²) in [6.45, 7) is 2.58. The Labute approximate surface area is 147 Å². The van der Waals surface area contributed by atoms with Gasteiger partial charge >= 0.3 is 5.97 Å². The molecule has 0 saturated heterocycles. The summed E-state index contributed by atoms with van der Waals surface area (Å²) in [4.78, 5) is 27.5. The number of thiophene rings is 1. The number of nitrogens with zero attached hydrogens (tertiary/aromatic N) is 1. The fourth-order valence-corrected chi connectivity index (χ4v) is 3.68. The molecule has 1 aliphatic heterocycles. The second-order valence-corrected chi connectivity index (χ2v) is 6.99. The first-order chi connectivity index (χ1) is 11.5. The van der Waals surface area contributed by atoms with E-state index in [4.69, 9.17) is 16.3 Å². The first-order valence-corrected chi connectivity index (χ1v) is 8.71. The largest absolute Gasteiger partial charge is 0.449 e. The van der Waals surface area contributed by atoms with Gasteiger partial charge in [0.2, 0.25) is 0 Å². The molecule has 3 rings (SSSR count). The van der Waals surface area contributed by atoms with Crippen molar-refractivity contribution in [2.75, 3.05) is 6.54 Å². The number of halogens is 2. The number of esters is 1. The number of rotatable bonds is 3. The molecular formula is C17H15ClFNO3S. The number of ether oxygens (including phenoxy) is 1. The average Bonchev–Trinajstić information content (AvgIpc) is 3.03. The summed E-state index contributed by atoms with van der Waals surface area (Å²) >= 11 is 7.45. The zero-order chi connectivity index (χ0) is 17.3. The second kappa shape index (κ2) is 6.91. The van der Waals surface area contributed by atoms with Crippen LogP contribution in [0.15, 0.2) is 29.6 Å². The molecule has 0 N–H and O–H groups in total. The molecule has 7 heteroatoms. The minimum Gasteiger partial charge on any atom is -0.449 e. The van der Waals surface area contributed by atoms with Crippen LogP contribution in [0.5, 0.6) is 0 Å². The van der Waals surface area contributed by atoms with Gasteiger partial charge in [-0.15, -0.1) is 11.3 Å². The maximum absolute atomic E-state index is 13.7. The van der Waals surface area contributed by atoms with Gasteiger partial charge in [-0.2, -0.15) is 0 Å². The highest BCUT2D eigenvalue weighted by atomic mass is 35.5. The van der Waals surface area contributed by atoms with E-state index in [-0.39, 0.29) is 16.5 Å². The van der Waals surface area contributed by atoms with E-state index in [1.165, 1.54) is 23.9 Å². The standard InChI is InChI=1S/C17H15ClFNO3S/c1-10(23-17(22)13-8-12(18)2-3-14(13)19)16(21)20-6-4-15-11(9-20)5-7-24-15/h2-3,5,7-8,10H,4,6,9H2,1H3. The number of carbonyl (C=O) groups is 2. The summed E-state index contributed by atoms with van der Waals surface area (Å²) in [6, 6.07) is 5.62. The van der Waals surface area contributed by atoms with Crippen LogP contribution in [0.2, 0.25) is 5.02 Å². The van der Waals surface area contributed by atoms with Gasteiger partial charge in [0.05, 0.1) is 5.56 Å². The Morgan fingerprint density at radius 3 is 2.96 bits per heavy atom. The Balaban J connectivity index is 1.66. The fourth-order valence-electron chi connectivity index (χ4n) is 2.62. The van der Waals surface area contributed by atoms with Crippen LogP contribution < -0.4 is 0 Å². The lowest BCUT2D eigenvalue weighted by Crippen LogP contribution is -2.42. The van der Waals surface area contributed by atoms with Gasteiger partial charge in [-0.1, -0.05) is 11.6 Å². The SMILES string of the molecule is CC(OC(=O)c1cc(Cl)ccc1F)C(=O)N1CCc2sccc2C1. The van der Waals surface area contributed by atoms with Gasteiger partial charge in [-0.3, -0.25) is 4.79 Å². The van der Waals surface area contributed by atoms with E-state index in [1.807, 2.05) is 11.4 Å². The Kier molecular flexibility index (Phi) is 4.87. The molecule has 0 radical (unpaired) electrons. The van der Waals surface area contributed by atoms with Gasteiger partial charge in [0.1, 0.15) is 5.82 Å². The van der Waals surface area contributed by atoms with Crippen molar-refractivity contribution in [3.05, 3.63) is 56.5 Å². The normalized spacial score (nSPS) is 14.9. The molecule has 126 valence electrons. The van der Waals surface area contributed by atoms with Crippen molar-refractivity contribution in [3.8, 4) is 0 Å². The summed E-state index contributed by atoms with van der Waals surface area (Å²) < 4.78 is 18.8. The Morgan fingerprint density at radius 2 is 2.17 bits per heavy atom. The van der Waals surface area contributed by atoms with Crippen LogP contribution in [0.3, 0.4) is 0 Å². The van der Waals surface area contributed by atoms with E-state index in [9.17, 15) is 14.0 Å². The van der Waals surface area contributed by atoms with Crippen molar-refractivity contribution >= 4 is 34.8 Å². The molecule has 2 heterocycles. The summed E-state index contributed by atoms with van der Waals surface area (Å²) in [6.07, 6.45) is -0.196. The minimum absolute atomic E-state index is 0.225. The predicted octanol–water partition coefficient (Wildman–Crippen LogP) is 3.67. The number of hydrogen-bond donors (Lipinski definition) is 0. The maximum Gasteiger partial charge on any atom is 0.341 e. The zero-order valence-corrected chi connectivity index (χ0v) is 14.5. The first kappa shape index (κ1) is 16.9. The first-order valence-electron chi connectivity index (χ1n) is 7.46. The van der Waals surface area contributed by atoms with Crippen molar-refractivity contribution < 1.29 is 18.7 Å². The summed E-state index contributed by atoms with van der Waals surface area (Å²) in [5, 5.41) is 2.23. The molecule has 24 heavy (non-hydrogen) atoms. The predicted molar refractivity (Wildman–Crippen MR) is 89.7 cm³/mol. The Bertz CT molecular complexity index is 792. The molecule has 1 atom stereocenters. The highest BCUT2D eigenvalue weighted by Crippen LogP contribution is 2.25. The van der Waals surface area contributed by atoms with Gasteiger partial charge < -0.3 is 9.64 Å². The third-order valence-corrected chi connectivity index (χ3v) is 5.16. The Morgan fingerprint density at radius 1 is 1.38 bits per heavy atom. The number of fused-ring (bicyclic) bond motifs is 1. The molecule has 2 aromatic rings. The van der Waals surface area contributed by atoms with Gasteiger partial charge in [0.15, 0.2) is 6.10 Å². The molecule has 0 bridgehead atoms. The summed E-state index contributed by atoms with van der Waals surface area (Å²) in [7, 11) is 0. The average molecular weight is 368 g/mol. The topological polar surface area (TPSA) is 46.6 Å². The van der Waals surface area contributed by atoms with Crippen molar-refractivity contribution in [1.82, 2.24) is 4.90 Å². The number of carbonyl (C=O) groups excluding carboxylic acids is 2. The highest BCUT2D eigenvalue weighted by Gasteiger charge is 2.28. The Hall–Kier alpha value is -1.92. The van der Waals surface area contributed by atoms with E-state index < -0.39 is 17.9 Å². The van der Waals surface area contributed by atoms with E-state index >= 15 is 0 Å². The number of hydrogen-bond acceptors (Lipinski definition) is 4. The van der Waals surface area contributed by atoms with E-state index in [0.29, 0.717) is 13.1 Å². The lowest BCUT2D eigenvalue weighted by atomic mass is 10.1. The summed E-state index contributed by atoms with van der Waals surface area (Å²) in [5.41, 5.74) is 0.847. The summed E-state index contributed by atoms with van der Waals surface area (Å²) in [5.74, 6) is -1.92. The van der Waals surface area contributed by atoms with E-state index in [0.717, 1.165) is 18.1 Å². The molecule has 1 aromatic heterocycles. The van der Waals surface area contributed by atoms with Crippen LogP contribution in [0.4, 0.5) is 4.39 Å². The monoisotopic (exact) mass is 367 g/mol. The molecule has 1 aromatic carbocycles. The third-order valence-electron chi connectivity index (χ3n) is 3.90. The van der Waals surface area contributed by atoms with Crippen molar-refractivity contribution in [2.24, 2.45) is 0 Å². The van der Waals surface area contributed by atoms with Gasteiger partial charge in [0.25, 0.3) is 5.91 Å². The van der Waals surface area contributed by atoms with Crippen molar-refractivity contribution in [3.63, 3.8) is 0 Å². The smallest absolute Gasteiger partial charge is 0.341 e. The highest BCUT2D eigenvalue weighted by molar-refractivity contribution is 7.10. The van der Waals surface area contributed by atoms with Crippen LogP contribution in [0.25, 0.3) is 0 Å². The zero-order valence-electron chi connectivity index (χ0n) is 12.9. The van der Waals surface area contributed by atoms with Crippen LogP contribution in [-0.4, -0.2) is 29.4 Å². The number of benzene rings is 1. The quantitative estimate of drug-likeness (QED) is 0.777. The molecule has 0 fully saturated rings. The molecular weight excluding hydrogens is 353 g/mol.